The first-order valence-corrected chi connectivity index (χ1v) is 7.82. The SMILES string of the molecule is COc1cccc(N2CCN(C(=O)C3CC(C)NN3)CC2=O)c1. The van der Waals surface area contributed by atoms with Gasteiger partial charge in [0.25, 0.3) is 0 Å². The maximum Gasteiger partial charge on any atom is 0.246 e. The summed E-state index contributed by atoms with van der Waals surface area (Å²) in [6.45, 7) is 3.16. The van der Waals surface area contributed by atoms with Crippen LogP contribution in [0.25, 0.3) is 0 Å². The van der Waals surface area contributed by atoms with E-state index in [1.54, 1.807) is 16.9 Å². The molecular formula is C16H22N4O3. The van der Waals surface area contributed by atoms with E-state index in [9.17, 15) is 9.59 Å². The zero-order valence-corrected chi connectivity index (χ0v) is 13.4. The molecule has 0 radical (unpaired) electrons. The molecule has 2 fully saturated rings. The number of hydrogen-bond donors (Lipinski definition) is 2. The molecule has 0 aromatic heterocycles. The van der Waals surface area contributed by atoms with Crippen LogP contribution in [-0.2, 0) is 9.59 Å². The topological polar surface area (TPSA) is 73.9 Å². The number of carbonyl (C=O) groups excluding carboxylic acids is 2. The summed E-state index contributed by atoms with van der Waals surface area (Å²) in [4.78, 5) is 28.3. The van der Waals surface area contributed by atoms with Crippen LogP contribution >= 0.6 is 0 Å². The summed E-state index contributed by atoms with van der Waals surface area (Å²) < 4.78 is 5.20. The Morgan fingerprint density at radius 2 is 2.13 bits per heavy atom. The van der Waals surface area contributed by atoms with Gasteiger partial charge in [0.1, 0.15) is 18.3 Å². The Labute approximate surface area is 135 Å². The predicted octanol–water partition coefficient (Wildman–Crippen LogP) is 0.125. The molecule has 0 spiro atoms. The largest absolute Gasteiger partial charge is 0.497 e. The summed E-state index contributed by atoms with van der Waals surface area (Å²) in [7, 11) is 1.60. The van der Waals surface area contributed by atoms with Crippen molar-refractivity contribution in [3.8, 4) is 5.75 Å². The fraction of sp³-hybridized carbons (Fsp3) is 0.500. The molecule has 0 saturated carbocycles. The first-order chi connectivity index (χ1) is 11.1. The van der Waals surface area contributed by atoms with Crippen molar-refractivity contribution in [1.29, 1.82) is 0 Å². The van der Waals surface area contributed by atoms with Gasteiger partial charge in [-0.05, 0) is 25.5 Å². The first kappa shape index (κ1) is 15.8. The highest BCUT2D eigenvalue weighted by atomic mass is 16.5. The van der Waals surface area contributed by atoms with Crippen LogP contribution in [0.3, 0.4) is 0 Å². The molecule has 7 nitrogen and oxygen atoms in total. The minimum Gasteiger partial charge on any atom is -0.497 e. The van der Waals surface area contributed by atoms with Gasteiger partial charge in [0.05, 0.1) is 7.11 Å². The summed E-state index contributed by atoms with van der Waals surface area (Å²) >= 11 is 0. The molecule has 2 aliphatic heterocycles. The normalized spacial score (nSPS) is 24.9. The van der Waals surface area contributed by atoms with Gasteiger partial charge in [-0.25, -0.2) is 5.43 Å². The van der Waals surface area contributed by atoms with Gasteiger partial charge in [-0.1, -0.05) is 6.07 Å². The summed E-state index contributed by atoms with van der Waals surface area (Å²) in [6, 6.07) is 7.42. The number of ether oxygens (including phenoxy) is 1. The lowest BCUT2D eigenvalue weighted by Crippen LogP contribution is -2.56. The average Bonchev–Trinajstić information content (AvgIpc) is 3.00. The van der Waals surface area contributed by atoms with E-state index in [0.29, 0.717) is 18.8 Å². The Morgan fingerprint density at radius 1 is 1.30 bits per heavy atom. The number of nitrogens with one attached hydrogen (secondary N) is 2. The number of hydrazine groups is 1. The highest BCUT2D eigenvalue weighted by Gasteiger charge is 2.34. The van der Waals surface area contributed by atoms with Crippen molar-refractivity contribution in [2.24, 2.45) is 0 Å². The number of nitrogens with zero attached hydrogens (tertiary/aromatic N) is 2. The molecule has 2 saturated heterocycles. The third kappa shape index (κ3) is 3.30. The molecule has 2 heterocycles. The Morgan fingerprint density at radius 3 is 2.78 bits per heavy atom. The molecule has 0 bridgehead atoms. The van der Waals surface area contributed by atoms with Crippen LogP contribution in [0.5, 0.6) is 5.75 Å². The predicted molar refractivity (Wildman–Crippen MR) is 86.1 cm³/mol. The van der Waals surface area contributed by atoms with Gasteiger partial charge < -0.3 is 14.5 Å². The second-order valence-corrected chi connectivity index (χ2v) is 5.98. The van der Waals surface area contributed by atoms with E-state index in [0.717, 1.165) is 12.1 Å². The smallest absolute Gasteiger partial charge is 0.246 e. The fourth-order valence-corrected chi connectivity index (χ4v) is 3.01. The summed E-state index contributed by atoms with van der Waals surface area (Å²) in [5.74, 6) is 0.626. The van der Waals surface area contributed by atoms with Crippen molar-refractivity contribution in [3.05, 3.63) is 24.3 Å². The number of rotatable bonds is 3. The number of piperazine rings is 1. The average molecular weight is 318 g/mol. The molecule has 2 atom stereocenters. The highest BCUT2D eigenvalue weighted by molar-refractivity contribution is 5.98. The Bertz CT molecular complexity index is 607. The van der Waals surface area contributed by atoms with Crippen LogP contribution in [0.15, 0.2) is 24.3 Å². The van der Waals surface area contributed by atoms with Crippen molar-refractivity contribution in [3.63, 3.8) is 0 Å². The molecule has 0 aliphatic carbocycles. The van der Waals surface area contributed by atoms with Gasteiger partial charge >= 0.3 is 0 Å². The van der Waals surface area contributed by atoms with Crippen molar-refractivity contribution in [1.82, 2.24) is 15.8 Å². The number of anilines is 1. The van der Waals surface area contributed by atoms with Crippen molar-refractivity contribution in [2.45, 2.75) is 25.4 Å². The number of carbonyl (C=O) groups is 2. The zero-order valence-electron chi connectivity index (χ0n) is 13.4. The standard InChI is InChI=1S/C16H22N4O3/c1-11-8-14(18-17-11)16(22)19-6-7-20(15(21)10-19)12-4-3-5-13(9-12)23-2/h3-5,9,11,14,17-18H,6-8,10H2,1-2H3. The van der Waals surface area contributed by atoms with Crippen LogP contribution in [0.2, 0.25) is 0 Å². The summed E-state index contributed by atoms with van der Waals surface area (Å²) in [5, 5.41) is 0. The molecule has 1 aromatic rings. The van der Waals surface area contributed by atoms with Crippen LogP contribution in [0.4, 0.5) is 5.69 Å². The van der Waals surface area contributed by atoms with Crippen LogP contribution in [-0.4, -0.2) is 55.5 Å². The molecule has 2 unspecified atom stereocenters. The van der Waals surface area contributed by atoms with Crippen LogP contribution in [0.1, 0.15) is 13.3 Å². The maximum absolute atomic E-state index is 12.5. The van der Waals surface area contributed by atoms with E-state index < -0.39 is 0 Å². The monoisotopic (exact) mass is 318 g/mol. The number of methoxy groups -OCH3 is 1. The first-order valence-electron chi connectivity index (χ1n) is 7.82. The van der Waals surface area contributed by atoms with Crippen molar-refractivity contribution in [2.75, 3.05) is 31.6 Å². The molecule has 124 valence electrons. The molecule has 7 heteroatoms. The number of hydrogen-bond acceptors (Lipinski definition) is 5. The highest BCUT2D eigenvalue weighted by Crippen LogP contribution is 2.23. The molecule has 1 aromatic carbocycles. The van der Waals surface area contributed by atoms with Crippen molar-refractivity contribution >= 4 is 17.5 Å². The minimum absolute atomic E-state index is 0.0134. The number of benzene rings is 1. The van der Waals surface area contributed by atoms with Gasteiger partial charge in [0, 0.05) is 30.9 Å². The maximum atomic E-state index is 12.5. The van der Waals surface area contributed by atoms with E-state index in [1.165, 1.54) is 0 Å². The molecular weight excluding hydrogens is 296 g/mol. The summed E-state index contributed by atoms with van der Waals surface area (Å²) in [6.07, 6.45) is 0.739. The molecule has 2 aliphatic rings. The lowest BCUT2D eigenvalue weighted by Gasteiger charge is -2.35. The Balaban J connectivity index is 1.65. The lowest BCUT2D eigenvalue weighted by molar-refractivity contribution is -0.138. The third-order valence-electron chi connectivity index (χ3n) is 4.29. The Hall–Kier alpha value is -2.12. The van der Waals surface area contributed by atoms with Crippen LogP contribution < -0.4 is 20.5 Å². The summed E-state index contributed by atoms with van der Waals surface area (Å²) in [5.41, 5.74) is 6.84. The van der Waals surface area contributed by atoms with E-state index in [1.807, 2.05) is 31.2 Å². The quantitative estimate of drug-likeness (QED) is 0.828. The molecule has 2 amide bonds. The third-order valence-corrected chi connectivity index (χ3v) is 4.29. The number of amides is 2. The van der Waals surface area contributed by atoms with E-state index in [-0.39, 0.29) is 30.4 Å². The Kier molecular flexibility index (Phi) is 4.49. The second-order valence-electron chi connectivity index (χ2n) is 5.98. The van der Waals surface area contributed by atoms with E-state index in [4.69, 9.17) is 4.74 Å². The minimum atomic E-state index is -0.249. The molecule has 23 heavy (non-hydrogen) atoms. The molecule has 3 rings (SSSR count). The van der Waals surface area contributed by atoms with E-state index in [2.05, 4.69) is 10.9 Å². The fourth-order valence-electron chi connectivity index (χ4n) is 3.01. The zero-order chi connectivity index (χ0) is 16.4. The van der Waals surface area contributed by atoms with Crippen LogP contribution in [0, 0.1) is 0 Å². The van der Waals surface area contributed by atoms with Gasteiger partial charge in [-0.15, -0.1) is 0 Å². The van der Waals surface area contributed by atoms with Gasteiger partial charge in [0.15, 0.2) is 0 Å². The molecule has 2 N–H and O–H groups in total. The lowest BCUT2D eigenvalue weighted by atomic mass is 10.1. The van der Waals surface area contributed by atoms with Gasteiger partial charge in [0.2, 0.25) is 11.8 Å². The van der Waals surface area contributed by atoms with Crippen molar-refractivity contribution < 1.29 is 14.3 Å². The van der Waals surface area contributed by atoms with E-state index >= 15 is 0 Å². The second kappa shape index (κ2) is 6.55. The van der Waals surface area contributed by atoms with Gasteiger partial charge in [-0.3, -0.25) is 15.0 Å². The van der Waals surface area contributed by atoms with Gasteiger partial charge in [-0.2, -0.15) is 0 Å².